The summed E-state index contributed by atoms with van der Waals surface area (Å²) in [7, 11) is 5.62. The second kappa shape index (κ2) is 7.38. The first-order valence-corrected chi connectivity index (χ1v) is 9.99. The van der Waals surface area contributed by atoms with Crippen LogP contribution in [0.2, 0.25) is 0 Å². The monoisotopic (exact) mass is 380 g/mol. The van der Waals surface area contributed by atoms with E-state index in [4.69, 9.17) is 9.47 Å². The molecule has 5 nitrogen and oxygen atoms in total. The molecule has 2 aromatic carbocycles. The Labute approximate surface area is 166 Å². The fourth-order valence-electron chi connectivity index (χ4n) is 4.35. The molecule has 2 aromatic rings. The molecule has 4 rings (SSSR count). The number of anilines is 2. The lowest BCUT2D eigenvalue weighted by Crippen LogP contribution is -2.28. The zero-order valence-corrected chi connectivity index (χ0v) is 17.1. The van der Waals surface area contributed by atoms with Crippen molar-refractivity contribution in [1.82, 2.24) is 0 Å². The maximum atomic E-state index is 13.2. The first-order valence-electron chi connectivity index (χ1n) is 9.99. The zero-order valence-electron chi connectivity index (χ0n) is 17.1. The Morgan fingerprint density at radius 3 is 2.43 bits per heavy atom. The summed E-state index contributed by atoms with van der Waals surface area (Å²) < 4.78 is 11.9. The van der Waals surface area contributed by atoms with Crippen LogP contribution < -0.4 is 19.3 Å². The van der Waals surface area contributed by atoms with Crippen molar-refractivity contribution in [3.05, 3.63) is 47.5 Å². The zero-order chi connectivity index (χ0) is 19.8. The number of benzene rings is 2. The Morgan fingerprint density at radius 2 is 1.79 bits per heavy atom. The molecular weight excluding hydrogens is 352 g/mol. The summed E-state index contributed by atoms with van der Waals surface area (Å²) in [5.41, 5.74) is 3.62. The van der Waals surface area contributed by atoms with Gasteiger partial charge in [0.25, 0.3) is 5.91 Å². The van der Waals surface area contributed by atoms with E-state index in [0.29, 0.717) is 11.5 Å². The summed E-state index contributed by atoms with van der Waals surface area (Å²) in [5, 5.41) is 0. The molecule has 1 heterocycles. The number of hydrogen-bond donors (Lipinski definition) is 0. The fraction of sp³-hybridized carbons (Fsp3) is 0.435. The highest BCUT2D eigenvalue weighted by atomic mass is 16.5. The molecule has 1 fully saturated rings. The minimum Gasteiger partial charge on any atom is -0.493 e. The number of carbonyl (C=O) groups is 1. The average Bonchev–Trinajstić information content (AvgIpc) is 3.29. The maximum absolute atomic E-state index is 13.2. The molecule has 0 radical (unpaired) electrons. The van der Waals surface area contributed by atoms with Crippen LogP contribution in [0.4, 0.5) is 11.4 Å². The number of rotatable bonds is 5. The minimum absolute atomic E-state index is 0.0307. The molecule has 1 unspecified atom stereocenters. The molecular formula is C23H28N2O3. The van der Waals surface area contributed by atoms with Crippen LogP contribution in [0.5, 0.6) is 11.5 Å². The van der Waals surface area contributed by atoms with Gasteiger partial charge in [-0.1, -0.05) is 18.2 Å². The third kappa shape index (κ3) is 3.09. The standard InChI is InChI=1S/C23H28N2O3/c1-15-17-11-7-8-12-18(17)23(26)25(15)20-14-22(28-16-9-5-6-10-16)21(27-4)13-19(20)24(2)3/h7-8,11-16H,5-6,9-10H2,1-4H3. The highest BCUT2D eigenvalue weighted by Gasteiger charge is 2.36. The Bertz CT molecular complexity index is 887. The number of methoxy groups -OCH3 is 1. The van der Waals surface area contributed by atoms with E-state index in [-0.39, 0.29) is 18.1 Å². The minimum atomic E-state index is -0.0323. The third-order valence-corrected chi connectivity index (χ3v) is 5.85. The first kappa shape index (κ1) is 18.7. The van der Waals surface area contributed by atoms with E-state index in [0.717, 1.165) is 35.3 Å². The SMILES string of the molecule is COc1cc(N(C)C)c(N2C(=O)c3ccccc3C2C)cc1OC1CCCC1. The molecule has 28 heavy (non-hydrogen) atoms. The largest absolute Gasteiger partial charge is 0.493 e. The van der Waals surface area contributed by atoms with Gasteiger partial charge < -0.3 is 14.4 Å². The van der Waals surface area contributed by atoms with Gasteiger partial charge in [-0.2, -0.15) is 0 Å². The fourth-order valence-corrected chi connectivity index (χ4v) is 4.35. The third-order valence-electron chi connectivity index (χ3n) is 5.85. The number of fused-ring (bicyclic) bond motifs is 1. The lowest BCUT2D eigenvalue weighted by molar-refractivity contribution is 0.0992. The van der Waals surface area contributed by atoms with Gasteiger partial charge in [-0.05, 0) is 44.2 Å². The molecule has 1 atom stereocenters. The van der Waals surface area contributed by atoms with Crippen molar-refractivity contribution in [2.45, 2.75) is 44.8 Å². The van der Waals surface area contributed by atoms with Crippen molar-refractivity contribution < 1.29 is 14.3 Å². The predicted molar refractivity (Wildman–Crippen MR) is 112 cm³/mol. The van der Waals surface area contributed by atoms with Crippen molar-refractivity contribution in [1.29, 1.82) is 0 Å². The summed E-state index contributed by atoms with van der Waals surface area (Å²) >= 11 is 0. The number of carbonyl (C=O) groups excluding carboxylic acids is 1. The van der Waals surface area contributed by atoms with Gasteiger partial charge in [-0.3, -0.25) is 9.69 Å². The van der Waals surface area contributed by atoms with Gasteiger partial charge in [0.2, 0.25) is 0 Å². The van der Waals surface area contributed by atoms with E-state index >= 15 is 0 Å². The summed E-state index contributed by atoms with van der Waals surface area (Å²) in [5.74, 6) is 1.45. The smallest absolute Gasteiger partial charge is 0.259 e. The van der Waals surface area contributed by atoms with Crippen LogP contribution >= 0.6 is 0 Å². The number of amides is 1. The summed E-state index contributed by atoms with van der Waals surface area (Å²) in [6, 6.07) is 11.8. The lowest BCUT2D eigenvalue weighted by Gasteiger charge is -2.29. The van der Waals surface area contributed by atoms with E-state index in [9.17, 15) is 4.79 Å². The first-order chi connectivity index (χ1) is 13.5. The normalized spacial score (nSPS) is 19.1. The topological polar surface area (TPSA) is 42.0 Å². The summed E-state index contributed by atoms with van der Waals surface area (Å²) in [6.07, 6.45) is 4.76. The summed E-state index contributed by atoms with van der Waals surface area (Å²) in [6.45, 7) is 2.07. The molecule has 5 heteroatoms. The van der Waals surface area contributed by atoms with Crippen molar-refractivity contribution in [2.24, 2.45) is 0 Å². The van der Waals surface area contributed by atoms with Crippen LogP contribution in [0.3, 0.4) is 0 Å². The second-order valence-corrected chi connectivity index (χ2v) is 7.85. The molecule has 2 aliphatic rings. The van der Waals surface area contributed by atoms with E-state index in [1.54, 1.807) is 7.11 Å². The molecule has 1 aliphatic heterocycles. The Morgan fingerprint density at radius 1 is 1.07 bits per heavy atom. The van der Waals surface area contributed by atoms with E-state index in [1.165, 1.54) is 12.8 Å². The molecule has 1 aliphatic carbocycles. The van der Waals surface area contributed by atoms with Crippen molar-refractivity contribution >= 4 is 17.3 Å². The quantitative estimate of drug-likeness (QED) is 0.747. The molecule has 0 spiro atoms. The molecule has 0 saturated heterocycles. The molecule has 1 amide bonds. The van der Waals surface area contributed by atoms with Gasteiger partial charge in [-0.15, -0.1) is 0 Å². The van der Waals surface area contributed by atoms with E-state index < -0.39 is 0 Å². The van der Waals surface area contributed by atoms with E-state index in [1.807, 2.05) is 60.3 Å². The van der Waals surface area contributed by atoms with Crippen molar-refractivity contribution in [3.63, 3.8) is 0 Å². The Balaban J connectivity index is 1.80. The highest BCUT2D eigenvalue weighted by molar-refractivity contribution is 6.12. The van der Waals surface area contributed by atoms with Crippen LogP contribution in [-0.2, 0) is 0 Å². The van der Waals surface area contributed by atoms with Crippen LogP contribution in [-0.4, -0.2) is 33.2 Å². The second-order valence-electron chi connectivity index (χ2n) is 7.85. The average molecular weight is 380 g/mol. The Hall–Kier alpha value is -2.69. The summed E-state index contributed by atoms with van der Waals surface area (Å²) in [4.78, 5) is 17.1. The van der Waals surface area contributed by atoms with Crippen LogP contribution in [0.1, 0.15) is 54.6 Å². The predicted octanol–water partition coefficient (Wildman–Crippen LogP) is 4.80. The van der Waals surface area contributed by atoms with Crippen molar-refractivity contribution in [2.75, 3.05) is 31.0 Å². The maximum Gasteiger partial charge on any atom is 0.259 e. The van der Waals surface area contributed by atoms with Crippen LogP contribution in [0, 0.1) is 0 Å². The molecule has 148 valence electrons. The molecule has 1 saturated carbocycles. The highest BCUT2D eigenvalue weighted by Crippen LogP contribution is 2.46. The van der Waals surface area contributed by atoms with Gasteiger partial charge in [0.05, 0.1) is 30.6 Å². The molecule has 0 bridgehead atoms. The van der Waals surface area contributed by atoms with Gasteiger partial charge >= 0.3 is 0 Å². The lowest BCUT2D eigenvalue weighted by atomic mass is 10.1. The number of nitrogens with zero attached hydrogens (tertiary/aromatic N) is 2. The van der Waals surface area contributed by atoms with Crippen LogP contribution in [0.15, 0.2) is 36.4 Å². The Kier molecular flexibility index (Phi) is 4.92. The van der Waals surface area contributed by atoms with Crippen LogP contribution in [0.25, 0.3) is 0 Å². The van der Waals surface area contributed by atoms with E-state index in [2.05, 4.69) is 6.92 Å². The van der Waals surface area contributed by atoms with Crippen molar-refractivity contribution in [3.8, 4) is 11.5 Å². The van der Waals surface area contributed by atoms with Gasteiger partial charge in [0.1, 0.15) is 0 Å². The molecule has 0 aromatic heterocycles. The van der Waals surface area contributed by atoms with Gasteiger partial charge in [0.15, 0.2) is 11.5 Å². The van der Waals surface area contributed by atoms with Gasteiger partial charge in [-0.25, -0.2) is 0 Å². The van der Waals surface area contributed by atoms with Gasteiger partial charge in [0, 0.05) is 31.8 Å². The number of hydrogen-bond acceptors (Lipinski definition) is 4. The molecule has 0 N–H and O–H groups in total. The number of ether oxygens (including phenoxy) is 2.